The fourth-order valence-corrected chi connectivity index (χ4v) is 1.20. The average Bonchev–Trinajstić information content (AvgIpc) is 2.28. The van der Waals surface area contributed by atoms with Gasteiger partial charge in [0, 0.05) is 31.3 Å². The zero-order valence-electron chi connectivity index (χ0n) is 9.34. The van der Waals surface area contributed by atoms with Crippen molar-refractivity contribution in [2.24, 2.45) is 0 Å². The first kappa shape index (κ1) is 13.5. The Kier molecular flexibility index (Phi) is 4.48. The van der Waals surface area contributed by atoms with Crippen LogP contribution in [0.15, 0.2) is 18.3 Å². The minimum Gasteiger partial charge on any atom is -0.356 e. The summed E-state index contributed by atoms with van der Waals surface area (Å²) in [7, 11) is 0. The summed E-state index contributed by atoms with van der Waals surface area (Å²) in [5.41, 5.74) is -0.242. The molecule has 0 aliphatic rings. The van der Waals surface area contributed by atoms with Crippen molar-refractivity contribution in [2.45, 2.75) is 25.9 Å². The highest BCUT2D eigenvalue weighted by Gasteiger charge is 2.30. The van der Waals surface area contributed by atoms with Crippen molar-refractivity contribution in [3.63, 3.8) is 0 Å². The number of amides is 1. The Morgan fingerprint density at radius 1 is 1.41 bits per heavy atom. The van der Waals surface area contributed by atoms with Crippen LogP contribution in [0.5, 0.6) is 0 Å². The molecule has 0 atom stereocenters. The molecule has 0 bridgehead atoms. The minimum atomic E-state index is -4.36. The summed E-state index contributed by atoms with van der Waals surface area (Å²) in [6.45, 7) is 2.11. The molecule has 0 aliphatic heterocycles. The number of nitrogens with zero attached hydrogens (tertiary/aromatic N) is 1. The number of alkyl halides is 3. The molecule has 3 nitrogen and oxygen atoms in total. The standard InChI is InChI=1S/C11H13F3N2O/c1-2-10(17)15-6-5-9-4-3-8(7-16-9)11(12,13)14/h3-4,7H,2,5-6H2,1H3,(H,15,17). The number of rotatable bonds is 4. The van der Waals surface area contributed by atoms with Crippen LogP contribution in [-0.2, 0) is 17.4 Å². The predicted molar refractivity (Wildman–Crippen MR) is 56.2 cm³/mol. The van der Waals surface area contributed by atoms with E-state index in [2.05, 4.69) is 10.3 Å². The number of hydrogen-bond donors (Lipinski definition) is 1. The molecule has 1 N–H and O–H groups in total. The molecule has 0 aliphatic carbocycles. The lowest BCUT2D eigenvalue weighted by atomic mass is 10.2. The van der Waals surface area contributed by atoms with E-state index in [1.807, 2.05) is 0 Å². The molecule has 94 valence electrons. The van der Waals surface area contributed by atoms with Crippen molar-refractivity contribution in [3.8, 4) is 0 Å². The monoisotopic (exact) mass is 246 g/mol. The van der Waals surface area contributed by atoms with Crippen LogP contribution in [0.1, 0.15) is 24.6 Å². The molecule has 0 aromatic carbocycles. The van der Waals surface area contributed by atoms with Crippen LogP contribution in [0.3, 0.4) is 0 Å². The van der Waals surface area contributed by atoms with Gasteiger partial charge >= 0.3 is 6.18 Å². The van der Waals surface area contributed by atoms with Gasteiger partial charge in [-0.3, -0.25) is 9.78 Å². The summed E-state index contributed by atoms with van der Waals surface area (Å²) in [5, 5.41) is 2.62. The van der Waals surface area contributed by atoms with E-state index < -0.39 is 11.7 Å². The predicted octanol–water partition coefficient (Wildman–Crippen LogP) is 2.17. The van der Waals surface area contributed by atoms with Gasteiger partial charge in [-0.25, -0.2) is 0 Å². The van der Waals surface area contributed by atoms with E-state index in [0.717, 1.165) is 12.3 Å². The highest BCUT2D eigenvalue weighted by molar-refractivity contribution is 5.75. The van der Waals surface area contributed by atoms with Crippen molar-refractivity contribution in [1.29, 1.82) is 0 Å². The lowest BCUT2D eigenvalue weighted by Crippen LogP contribution is -2.24. The first-order valence-electron chi connectivity index (χ1n) is 5.22. The third kappa shape index (κ3) is 4.42. The Labute approximate surface area is 97.0 Å². The number of carbonyl (C=O) groups is 1. The lowest BCUT2D eigenvalue weighted by Gasteiger charge is -2.07. The number of hydrogen-bond acceptors (Lipinski definition) is 2. The number of pyridine rings is 1. The summed E-state index contributed by atoms with van der Waals surface area (Å²) < 4.78 is 36.7. The number of halogens is 3. The minimum absolute atomic E-state index is 0.0862. The molecule has 0 radical (unpaired) electrons. The van der Waals surface area contributed by atoms with Crippen molar-refractivity contribution in [1.82, 2.24) is 10.3 Å². The van der Waals surface area contributed by atoms with Gasteiger partial charge in [0.25, 0.3) is 0 Å². The van der Waals surface area contributed by atoms with Crippen molar-refractivity contribution >= 4 is 5.91 Å². The van der Waals surface area contributed by atoms with Gasteiger partial charge in [-0.1, -0.05) is 6.92 Å². The van der Waals surface area contributed by atoms with Crippen LogP contribution in [0.4, 0.5) is 13.2 Å². The van der Waals surface area contributed by atoms with Crippen LogP contribution in [-0.4, -0.2) is 17.4 Å². The van der Waals surface area contributed by atoms with E-state index in [4.69, 9.17) is 0 Å². The molecule has 0 spiro atoms. The van der Waals surface area contributed by atoms with E-state index in [1.54, 1.807) is 6.92 Å². The van der Waals surface area contributed by atoms with E-state index in [9.17, 15) is 18.0 Å². The molecule has 6 heteroatoms. The van der Waals surface area contributed by atoms with Crippen LogP contribution in [0.25, 0.3) is 0 Å². The molecule has 0 saturated heterocycles. The molecular weight excluding hydrogens is 233 g/mol. The molecule has 17 heavy (non-hydrogen) atoms. The quantitative estimate of drug-likeness (QED) is 0.884. The fraction of sp³-hybridized carbons (Fsp3) is 0.455. The zero-order valence-corrected chi connectivity index (χ0v) is 9.34. The fourth-order valence-electron chi connectivity index (χ4n) is 1.20. The van der Waals surface area contributed by atoms with Gasteiger partial charge in [0.2, 0.25) is 5.91 Å². The molecule has 1 aromatic rings. The maximum absolute atomic E-state index is 12.2. The van der Waals surface area contributed by atoms with E-state index >= 15 is 0 Å². The Bertz CT molecular complexity index is 373. The van der Waals surface area contributed by atoms with E-state index in [1.165, 1.54) is 6.07 Å². The van der Waals surface area contributed by atoms with Gasteiger partial charge in [-0.2, -0.15) is 13.2 Å². The Morgan fingerprint density at radius 2 is 2.12 bits per heavy atom. The normalized spacial score (nSPS) is 11.3. The average molecular weight is 246 g/mol. The van der Waals surface area contributed by atoms with E-state index in [0.29, 0.717) is 25.1 Å². The van der Waals surface area contributed by atoms with Gasteiger partial charge in [-0.15, -0.1) is 0 Å². The van der Waals surface area contributed by atoms with Gasteiger partial charge in [-0.05, 0) is 12.1 Å². The molecule has 0 unspecified atom stereocenters. The van der Waals surface area contributed by atoms with Crippen LogP contribution >= 0.6 is 0 Å². The van der Waals surface area contributed by atoms with E-state index in [-0.39, 0.29) is 5.91 Å². The molecule has 1 rings (SSSR count). The van der Waals surface area contributed by atoms with Gasteiger partial charge < -0.3 is 5.32 Å². The number of carbonyl (C=O) groups excluding carboxylic acids is 1. The third-order valence-corrected chi connectivity index (χ3v) is 2.18. The van der Waals surface area contributed by atoms with Gasteiger partial charge in [0.05, 0.1) is 5.56 Å². The van der Waals surface area contributed by atoms with Crippen LogP contribution < -0.4 is 5.32 Å². The summed E-state index contributed by atoms with van der Waals surface area (Å²) >= 11 is 0. The number of aromatic nitrogens is 1. The Morgan fingerprint density at radius 3 is 2.59 bits per heavy atom. The Balaban J connectivity index is 2.49. The number of nitrogens with one attached hydrogen (secondary N) is 1. The largest absolute Gasteiger partial charge is 0.417 e. The topological polar surface area (TPSA) is 42.0 Å². The second kappa shape index (κ2) is 5.65. The van der Waals surface area contributed by atoms with Crippen molar-refractivity contribution < 1.29 is 18.0 Å². The maximum Gasteiger partial charge on any atom is 0.417 e. The van der Waals surface area contributed by atoms with Crippen LogP contribution in [0.2, 0.25) is 0 Å². The SMILES string of the molecule is CCC(=O)NCCc1ccc(C(F)(F)F)cn1. The highest BCUT2D eigenvalue weighted by atomic mass is 19.4. The molecule has 1 aromatic heterocycles. The lowest BCUT2D eigenvalue weighted by molar-refractivity contribution is -0.137. The van der Waals surface area contributed by atoms with Crippen molar-refractivity contribution in [2.75, 3.05) is 6.54 Å². The first-order valence-corrected chi connectivity index (χ1v) is 5.22. The second-order valence-electron chi connectivity index (χ2n) is 3.49. The molecule has 0 saturated carbocycles. The van der Waals surface area contributed by atoms with Gasteiger partial charge in [0.1, 0.15) is 0 Å². The summed E-state index contributed by atoms with van der Waals surface area (Å²) in [5.74, 6) is -0.0862. The summed E-state index contributed by atoms with van der Waals surface area (Å²) in [4.78, 5) is 14.6. The molecular formula is C11H13F3N2O. The smallest absolute Gasteiger partial charge is 0.356 e. The zero-order chi connectivity index (χ0) is 12.9. The van der Waals surface area contributed by atoms with Crippen molar-refractivity contribution in [3.05, 3.63) is 29.6 Å². The Hall–Kier alpha value is -1.59. The summed E-state index contributed by atoms with van der Waals surface area (Å²) in [6, 6.07) is 2.31. The third-order valence-electron chi connectivity index (χ3n) is 2.18. The highest BCUT2D eigenvalue weighted by Crippen LogP contribution is 2.28. The second-order valence-corrected chi connectivity index (χ2v) is 3.49. The van der Waals surface area contributed by atoms with Gasteiger partial charge in [0.15, 0.2) is 0 Å². The molecule has 1 heterocycles. The molecule has 0 fully saturated rings. The maximum atomic E-state index is 12.2. The van der Waals surface area contributed by atoms with Crippen LogP contribution in [0, 0.1) is 0 Å². The first-order chi connectivity index (χ1) is 7.93. The summed E-state index contributed by atoms with van der Waals surface area (Å²) in [6.07, 6.45) is -2.75. The molecule has 1 amide bonds.